The van der Waals surface area contributed by atoms with E-state index in [-0.39, 0.29) is 11.8 Å². The predicted molar refractivity (Wildman–Crippen MR) is 108 cm³/mol. The third-order valence-corrected chi connectivity index (χ3v) is 5.62. The first-order valence-electron chi connectivity index (χ1n) is 10.2. The number of aryl methyl sites for hydroxylation is 1. The van der Waals surface area contributed by atoms with E-state index in [1.165, 1.54) is 5.56 Å². The Balaban J connectivity index is 1.44. The number of nitrogens with zero attached hydrogens (tertiary/aromatic N) is 4. The number of piperidine rings is 1. The summed E-state index contributed by atoms with van der Waals surface area (Å²) in [7, 11) is 0. The molecular weight excluding hydrogens is 352 g/mol. The smallest absolute Gasteiger partial charge is 0.236 e. The Labute approximate surface area is 166 Å². The van der Waals surface area contributed by atoms with Gasteiger partial charge in [0.15, 0.2) is 0 Å². The van der Waals surface area contributed by atoms with E-state index in [2.05, 4.69) is 35.0 Å². The first-order chi connectivity index (χ1) is 13.7. The molecule has 0 aliphatic carbocycles. The molecule has 0 unspecified atom stereocenters. The molecule has 0 saturated carbocycles. The summed E-state index contributed by atoms with van der Waals surface area (Å²) in [6.45, 7) is 7.26. The van der Waals surface area contributed by atoms with Crippen LogP contribution in [0.3, 0.4) is 0 Å². The van der Waals surface area contributed by atoms with Gasteiger partial charge < -0.3 is 9.64 Å². The molecule has 0 radical (unpaired) electrons. The van der Waals surface area contributed by atoms with Crippen LogP contribution in [0.15, 0.2) is 36.7 Å². The topological polar surface area (TPSA) is 58.6 Å². The Hall–Kier alpha value is -2.31. The maximum Gasteiger partial charge on any atom is 0.236 e. The third-order valence-electron chi connectivity index (χ3n) is 5.62. The van der Waals surface area contributed by atoms with Crippen LogP contribution in [0.25, 0.3) is 11.3 Å². The monoisotopic (exact) mass is 380 g/mol. The van der Waals surface area contributed by atoms with Gasteiger partial charge in [-0.15, -0.1) is 0 Å². The number of hydrogen-bond donors (Lipinski definition) is 0. The normalized spacial score (nSPS) is 20.9. The highest BCUT2D eigenvalue weighted by Crippen LogP contribution is 2.27. The average Bonchev–Trinajstić information content (AvgIpc) is 2.75. The van der Waals surface area contributed by atoms with Crippen molar-refractivity contribution < 1.29 is 9.53 Å². The molecule has 28 heavy (non-hydrogen) atoms. The molecule has 1 atom stereocenters. The highest BCUT2D eigenvalue weighted by molar-refractivity contribution is 5.78. The van der Waals surface area contributed by atoms with E-state index < -0.39 is 0 Å². The number of carbonyl (C=O) groups is 1. The number of likely N-dealkylation sites (tertiary alicyclic amines) is 1. The summed E-state index contributed by atoms with van der Waals surface area (Å²) in [4.78, 5) is 26.3. The maximum absolute atomic E-state index is 12.8. The van der Waals surface area contributed by atoms with Gasteiger partial charge in [0.25, 0.3) is 0 Å². The predicted octanol–water partition coefficient (Wildman–Crippen LogP) is 2.49. The van der Waals surface area contributed by atoms with Crippen molar-refractivity contribution in [3.63, 3.8) is 0 Å². The van der Waals surface area contributed by atoms with Crippen LogP contribution in [0.2, 0.25) is 0 Å². The van der Waals surface area contributed by atoms with Crippen LogP contribution >= 0.6 is 0 Å². The van der Waals surface area contributed by atoms with E-state index in [0.717, 1.165) is 69.2 Å². The molecule has 3 heterocycles. The zero-order valence-electron chi connectivity index (χ0n) is 16.5. The Kier molecular flexibility index (Phi) is 5.98. The molecule has 148 valence electrons. The van der Waals surface area contributed by atoms with Gasteiger partial charge in [-0.3, -0.25) is 14.7 Å². The van der Waals surface area contributed by atoms with Gasteiger partial charge in [0, 0.05) is 43.9 Å². The van der Waals surface area contributed by atoms with Crippen molar-refractivity contribution in [3.05, 3.63) is 47.9 Å². The van der Waals surface area contributed by atoms with Crippen molar-refractivity contribution in [1.29, 1.82) is 0 Å². The zero-order valence-corrected chi connectivity index (χ0v) is 16.5. The molecule has 6 nitrogen and oxygen atoms in total. The van der Waals surface area contributed by atoms with Crippen LogP contribution in [0.5, 0.6) is 0 Å². The Morgan fingerprint density at radius 3 is 2.89 bits per heavy atom. The lowest BCUT2D eigenvalue weighted by atomic mass is 9.94. The Bertz CT molecular complexity index is 820. The fourth-order valence-electron chi connectivity index (χ4n) is 4.02. The molecule has 2 aliphatic heterocycles. The molecule has 6 heteroatoms. The molecule has 4 rings (SSSR count). The van der Waals surface area contributed by atoms with Gasteiger partial charge in [-0.05, 0) is 25.8 Å². The van der Waals surface area contributed by atoms with Crippen molar-refractivity contribution >= 4 is 5.91 Å². The number of amides is 1. The fraction of sp³-hybridized carbons (Fsp3) is 0.500. The summed E-state index contributed by atoms with van der Waals surface area (Å²) in [5, 5.41) is 0. The molecule has 2 saturated heterocycles. The van der Waals surface area contributed by atoms with Gasteiger partial charge >= 0.3 is 0 Å². The van der Waals surface area contributed by atoms with E-state index in [1.807, 2.05) is 23.4 Å². The van der Waals surface area contributed by atoms with Gasteiger partial charge in [-0.1, -0.05) is 23.8 Å². The zero-order chi connectivity index (χ0) is 19.3. The number of ether oxygens (including phenoxy) is 1. The Morgan fingerprint density at radius 1 is 1.21 bits per heavy atom. The molecule has 2 fully saturated rings. The van der Waals surface area contributed by atoms with Crippen molar-refractivity contribution in [2.45, 2.75) is 25.7 Å². The van der Waals surface area contributed by atoms with E-state index in [1.54, 1.807) is 0 Å². The second kappa shape index (κ2) is 8.80. The molecule has 1 aromatic heterocycles. The number of benzene rings is 1. The van der Waals surface area contributed by atoms with Crippen LogP contribution in [0, 0.1) is 6.92 Å². The van der Waals surface area contributed by atoms with Crippen LogP contribution in [-0.4, -0.2) is 71.6 Å². The summed E-state index contributed by atoms with van der Waals surface area (Å²) in [6.07, 6.45) is 5.74. The molecular formula is C22H28N4O2. The quantitative estimate of drug-likeness (QED) is 0.816. The molecule has 0 N–H and O–H groups in total. The maximum atomic E-state index is 12.8. The number of hydrogen-bond acceptors (Lipinski definition) is 5. The van der Waals surface area contributed by atoms with Gasteiger partial charge in [0.2, 0.25) is 5.91 Å². The van der Waals surface area contributed by atoms with Crippen molar-refractivity contribution in [1.82, 2.24) is 19.8 Å². The number of rotatable bonds is 4. The second-order valence-electron chi connectivity index (χ2n) is 7.77. The largest absolute Gasteiger partial charge is 0.379 e. The third kappa shape index (κ3) is 4.56. The van der Waals surface area contributed by atoms with E-state index in [9.17, 15) is 4.79 Å². The van der Waals surface area contributed by atoms with Gasteiger partial charge in [0.1, 0.15) is 0 Å². The van der Waals surface area contributed by atoms with Crippen LogP contribution in [0.1, 0.15) is 30.0 Å². The highest BCUT2D eigenvalue weighted by Gasteiger charge is 2.27. The molecule has 1 aromatic carbocycles. The summed E-state index contributed by atoms with van der Waals surface area (Å²) in [5.41, 5.74) is 4.19. The van der Waals surface area contributed by atoms with Gasteiger partial charge in [-0.2, -0.15) is 0 Å². The van der Waals surface area contributed by atoms with Crippen molar-refractivity contribution in [3.8, 4) is 11.3 Å². The first kappa shape index (κ1) is 19.0. The second-order valence-corrected chi connectivity index (χ2v) is 7.77. The lowest BCUT2D eigenvalue weighted by molar-refractivity contribution is -0.134. The Morgan fingerprint density at radius 2 is 2.07 bits per heavy atom. The molecule has 0 bridgehead atoms. The minimum absolute atomic E-state index is 0.217. The lowest BCUT2D eigenvalue weighted by Gasteiger charge is -2.34. The van der Waals surface area contributed by atoms with Gasteiger partial charge in [-0.25, -0.2) is 4.98 Å². The summed E-state index contributed by atoms with van der Waals surface area (Å²) >= 11 is 0. The SMILES string of the molecule is Cc1cccc(-c2cncc([C@H]3CCCN(C(=O)CN4CCOCC4)C3)n2)c1. The summed E-state index contributed by atoms with van der Waals surface area (Å²) in [5.74, 6) is 0.467. The van der Waals surface area contributed by atoms with Crippen molar-refractivity contribution in [2.75, 3.05) is 45.9 Å². The van der Waals surface area contributed by atoms with Crippen LogP contribution in [0.4, 0.5) is 0 Å². The lowest BCUT2D eigenvalue weighted by Crippen LogP contribution is -2.47. The highest BCUT2D eigenvalue weighted by atomic mass is 16.5. The van der Waals surface area contributed by atoms with E-state index in [0.29, 0.717) is 6.54 Å². The number of morpholine rings is 1. The van der Waals surface area contributed by atoms with Crippen molar-refractivity contribution in [2.24, 2.45) is 0 Å². The van der Waals surface area contributed by atoms with E-state index >= 15 is 0 Å². The first-order valence-corrected chi connectivity index (χ1v) is 10.2. The van der Waals surface area contributed by atoms with Gasteiger partial charge in [0.05, 0.1) is 37.3 Å². The van der Waals surface area contributed by atoms with Crippen LogP contribution < -0.4 is 0 Å². The molecule has 0 spiro atoms. The summed E-state index contributed by atoms with van der Waals surface area (Å²) in [6, 6.07) is 8.33. The van der Waals surface area contributed by atoms with E-state index in [4.69, 9.17) is 9.72 Å². The minimum Gasteiger partial charge on any atom is -0.379 e. The minimum atomic E-state index is 0.217. The molecule has 2 aromatic rings. The molecule has 1 amide bonds. The molecule has 2 aliphatic rings. The summed E-state index contributed by atoms with van der Waals surface area (Å²) < 4.78 is 5.37. The fourth-order valence-corrected chi connectivity index (χ4v) is 4.02. The number of aromatic nitrogens is 2. The van der Waals surface area contributed by atoms with Crippen LogP contribution in [-0.2, 0) is 9.53 Å². The average molecular weight is 380 g/mol. The number of carbonyl (C=O) groups excluding carboxylic acids is 1. The standard InChI is InChI=1S/C22H28N4O2/c1-17-4-2-5-18(12-17)20-13-23-14-21(24-20)19-6-3-7-26(15-19)22(27)16-25-8-10-28-11-9-25/h2,4-5,12-14,19H,3,6-11,15-16H2,1H3/t19-/m0/s1.